The summed E-state index contributed by atoms with van der Waals surface area (Å²) in [5, 5.41) is 9.52. The highest BCUT2D eigenvalue weighted by Gasteiger charge is 2.54. The van der Waals surface area contributed by atoms with E-state index in [-0.39, 0.29) is 12.6 Å². The van der Waals surface area contributed by atoms with Crippen molar-refractivity contribution in [1.82, 2.24) is 9.99 Å². The van der Waals surface area contributed by atoms with Gasteiger partial charge in [0.15, 0.2) is 12.1 Å². The Morgan fingerprint density at radius 2 is 1.76 bits per heavy atom. The number of carbonyl (C=O) groups is 2. The molecule has 0 unspecified atom stereocenters. The van der Waals surface area contributed by atoms with Gasteiger partial charge in [0.05, 0.1) is 18.3 Å². The summed E-state index contributed by atoms with van der Waals surface area (Å²) in [6.07, 6.45) is 0.0732. The van der Waals surface area contributed by atoms with Crippen molar-refractivity contribution in [3.8, 4) is 17.2 Å². The van der Waals surface area contributed by atoms with E-state index in [4.69, 9.17) is 9.15 Å². The molecule has 0 radical (unpaired) electrons. The van der Waals surface area contributed by atoms with Crippen molar-refractivity contribution in [3.63, 3.8) is 0 Å². The van der Waals surface area contributed by atoms with Gasteiger partial charge in [0.1, 0.15) is 23.0 Å². The highest BCUT2D eigenvalue weighted by molar-refractivity contribution is 6.25. The lowest BCUT2D eigenvalue weighted by atomic mass is 10.1. The molecule has 0 N–H and O–H groups in total. The summed E-state index contributed by atoms with van der Waals surface area (Å²) in [5.41, 5.74) is 1.66. The summed E-state index contributed by atoms with van der Waals surface area (Å²) >= 11 is 0. The predicted octanol–water partition coefficient (Wildman–Crippen LogP) is 4.07. The molecular weight excluding hydrogens is 441 g/mol. The average molecular weight is 463 g/mol. The second kappa shape index (κ2) is 8.36. The van der Waals surface area contributed by atoms with Gasteiger partial charge < -0.3 is 9.15 Å². The fourth-order valence-corrected chi connectivity index (χ4v) is 4.00. The molecule has 3 aromatic rings. The maximum absolute atomic E-state index is 13.3. The van der Waals surface area contributed by atoms with Crippen LogP contribution in [0.2, 0.25) is 0 Å². The number of aryl methyl sites for hydroxylation is 1. The minimum absolute atomic E-state index is 0.0732. The van der Waals surface area contributed by atoms with Gasteiger partial charge >= 0.3 is 0 Å². The Kier molecular flexibility index (Phi) is 5.35. The van der Waals surface area contributed by atoms with Gasteiger partial charge in [-0.1, -0.05) is 5.22 Å². The molecule has 0 bridgehead atoms. The smallest absolute Gasteiger partial charge is 0.263 e. The Morgan fingerprint density at radius 3 is 2.44 bits per heavy atom. The number of imide groups is 1. The van der Waals surface area contributed by atoms with Crippen LogP contribution in [0.15, 0.2) is 63.3 Å². The van der Waals surface area contributed by atoms with E-state index in [0.717, 1.165) is 16.2 Å². The number of nitrogens with zero attached hydrogens (tertiary/aromatic N) is 5. The molecular formula is C24H22FN5O4. The van der Waals surface area contributed by atoms with Crippen LogP contribution >= 0.6 is 0 Å². The molecule has 0 spiro atoms. The summed E-state index contributed by atoms with van der Waals surface area (Å²) in [5.74, 6) is 0.342. The number of oxazole rings is 1. The number of hydrogen-bond donors (Lipinski definition) is 0. The molecule has 0 aliphatic carbocycles. The van der Waals surface area contributed by atoms with E-state index in [2.05, 4.69) is 15.3 Å². The Balaban J connectivity index is 1.34. The summed E-state index contributed by atoms with van der Waals surface area (Å²) < 4.78 is 24.8. The molecule has 1 saturated heterocycles. The Hall–Kier alpha value is -4.08. The zero-order valence-electron chi connectivity index (χ0n) is 18.8. The van der Waals surface area contributed by atoms with Crippen molar-refractivity contribution in [2.75, 3.05) is 4.90 Å². The maximum atomic E-state index is 13.3. The van der Waals surface area contributed by atoms with Crippen LogP contribution in [-0.4, -0.2) is 40.0 Å². The fraction of sp³-hybridized carbons (Fsp3) is 0.292. The molecule has 3 heterocycles. The first-order valence-corrected chi connectivity index (χ1v) is 10.9. The van der Waals surface area contributed by atoms with Crippen molar-refractivity contribution in [3.05, 3.63) is 65.8 Å². The van der Waals surface area contributed by atoms with Gasteiger partial charge in [-0.3, -0.25) is 14.6 Å². The summed E-state index contributed by atoms with van der Waals surface area (Å²) in [6.45, 7) is 5.84. The standard InChI is InChI=1S/C24H22FN5O4/c1-13(2)33-18-10-4-15(5-11-18)22-26-19(14(3)34-22)12-29-21-20(27-28-29)23(31)30(24(21)32)17-8-6-16(25)7-9-17/h4-11,13,20-21H,12H2,1-3H3/t20-,21-/m1/s1. The first-order valence-electron chi connectivity index (χ1n) is 10.9. The highest BCUT2D eigenvalue weighted by atomic mass is 19.1. The summed E-state index contributed by atoms with van der Waals surface area (Å²) in [6, 6.07) is 10.8. The number of ether oxygens (including phenoxy) is 1. The van der Waals surface area contributed by atoms with Crippen LogP contribution in [0, 0.1) is 12.7 Å². The average Bonchev–Trinajstić information content (AvgIpc) is 3.45. The molecule has 5 rings (SSSR count). The topological polar surface area (TPSA) is 101 Å². The Labute approximate surface area is 194 Å². The molecule has 10 heteroatoms. The van der Waals surface area contributed by atoms with Gasteiger partial charge in [0.2, 0.25) is 5.89 Å². The van der Waals surface area contributed by atoms with Crippen LogP contribution in [0.1, 0.15) is 25.3 Å². The number of anilines is 1. The number of halogens is 1. The first-order chi connectivity index (χ1) is 16.3. The summed E-state index contributed by atoms with van der Waals surface area (Å²) in [4.78, 5) is 31.5. The molecule has 2 amide bonds. The molecule has 2 aliphatic rings. The minimum Gasteiger partial charge on any atom is -0.491 e. The number of carbonyl (C=O) groups excluding carboxylic acids is 2. The molecule has 1 fully saturated rings. The van der Waals surface area contributed by atoms with E-state index in [0.29, 0.717) is 23.0 Å². The minimum atomic E-state index is -0.947. The number of fused-ring (bicyclic) bond motifs is 1. The molecule has 34 heavy (non-hydrogen) atoms. The molecule has 0 saturated carbocycles. The van der Waals surface area contributed by atoms with E-state index in [1.54, 1.807) is 6.92 Å². The van der Waals surface area contributed by atoms with Crippen LogP contribution in [0.3, 0.4) is 0 Å². The third kappa shape index (κ3) is 3.81. The number of rotatable bonds is 6. The lowest BCUT2D eigenvalue weighted by molar-refractivity contribution is -0.123. The summed E-state index contributed by atoms with van der Waals surface area (Å²) in [7, 11) is 0. The lowest BCUT2D eigenvalue weighted by Crippen LogP contribution is -2.39. The zero-order valence-corrected chi connectivity index (χ0v) is 18.8. The molecule has 174 valence electrons. The fourth-order valence-electron chi connectivity index (χ4n) is 4.00. The second-order valence-corrected chi connectivity index (χ2v) is 8.39. The van der Waals surface area contributed by atoms with Gasteiger partial charge in [-0.25, -0.2) is 14.3 Å². The second-order valence-electron chi connectivity index (χ2n) is 8.39. The van der Waals surface area contributed by atoms with E-state index in [1.807, 2.05) is 38.1 Å². The normalized spacial score (nSPS) is 19.4. The van der Waals surface area contributed by atoms with Crippen LogP contribution in [0.25, 0.3) is 11.5 Å². The molecule has 2 aliphatic heterocycles. The number of benzene rings is 2. The van der Waals surface area contributed by atoms with Gasteiger partial charge in [0.25, 0.3) is 11.8 Å². The van der Waals surface area contributed by atoms with E-state index in [9.17, 15) is 14.0 Å². The van der Waals surface area contributed by atoms with Crippen molar-refractivity contribution in [2.24, 2.45) is 10.3 Å². The van der Waals surface area contributed by atoms with E-state index < -0.39 is 29.7 Å². The maximum Gasteiger partial charge on any atom is 0.263 e. The van der Waals surface area contributed by atoms with Crippen molar-refractivity contribution >= 4 is 17.5 Å². The quantitative estimate of drug-likeness (QED) is 0.511. The van der Waals surface area contributed by atoms with Crippen LogP contribution in [0.4, 0.5) is 10.1 Å². The van der Waals surface area contributed by atoms with Crippen molar-refractivity contribution in [2.45, 2.75) is 45.5 Å². The van der Waals surface area contributed by atoms with E-state index in [1.165, 1.54) is 29.3 Å². The number of hydrogen-bond acceptors (Lipinski definition) is 8. The zero-order chi connectivity index (χ0) is 24.0. The highest BCUT2D eigenvalue weighted by Crippen LogP contribution is 2.33. The van der Waals surface area contributed by atoms with Gasteiger partial charge in [-0.2, -0.15) is 5.11 Å². The van der Waals surface area contributed by atoms with Gasteiger partial charge in [-0.05, 0) is 69.3 Å². The third-order valence-corrected chi connectivity index (χ3v) is 5.62. The van der Waals surface area contributed by atoms with Crippen molar-refractivity contribution in [1.29, 1.82) is 0 Å². The van der Waals surface area contributed by atoms with Crippen LogP contribution in [-0.2, 0) is 16.1 Å². The number of amides is 2. The monoisotopic (exact) mass is 463 g/mol. The largest absolute Gasteiger partial charge is 0.491 e. The van der Waals surface area contributed by atoms with Crippen LogP contribution in [0.5, 0.6) is 5.75 Å². The Morgan fingerprint density at radius 1 is 1.06 bits per heavy atom. The molecule has 2 aromatic carbocycles. The number of aromatic nitrogens is 1. The van der Waals surface area contributed by atoms with Crippen molar-refractivity contribution < 1.29 is 23.1 Å². The Bertz CT molecular complexity index is 1270. The molecule has 1 aromatic heterocycles. The van der Waals surface area contributed by atoms with Gasteiger partial charge in [0, 0.05) is 5.56 Å². The van der Waals surface area contributed by atoms with Gasteiger partial charge in [-0.15, -0.1) is 0 Å². The van der Waals surface area contributed by atoms with E-state index >= 15 is 0 Å². The van der Waals surface area contributed by atoms with Crippen LogP contribution < -0.4 is 9.64 Å². The lowest BCUT2D eigenvalue weighted by Gasteiger charge is -2.19. The molecule has 9 nitrogen and oxygen atoms in total. The third-order valence-electron chi connectivity index (χ3n) is 5.62. The SMILES string of the molecule is Cc1oc(-c2ccc(OC(C)C)cc2)nc1CN1N=N[C@H]2C(=O)N(c3ccc(F)cc3)C(=O)[C@@H]21. The first kappa shape index (κ1) is 21.7. The predicted molar refractivity (Wildman–Crippen MR) is 119 cm³/mol. The molecule has 2 atom stereocenters.